The first-order valence-corrected chi connectivity index (χ1v) is 6.87. The Hall–Kier alpha value is -1.21. The number of nitrogens with one attached hydrogen (secondary N) is 1. The molecule has 7 heteroatoms. The lowest BCUT2D eigenvalue weighted by molar-refractivity contribution is -0.137. The van der Waals surface area contributed by atoms with Crippen molar-refractivity contribution in [1.29, 1.82) is 0 Å². The summed E-state index contributed by atoms with van der Waals surface area (Å²) < 4.78 is 13.5. The fraction of sp³-hybridized carbons (Fsp3) is 0.846. The Morgan fingerprint density at radius 1 is 1.50 bits per heavy atom. The van der Waals surface area contributed by atoms with Crippen LogP contribution in [0, 0.1) is 10.6 Å². The van der Waals surface area contributed by atoms with Crippen molar-refractivity contribution in [3.63, 3.8) is 0 Å². The first-order valence-electron chi connectivity index (χ1n) is 6.87. The Morgan fingerprint density at radius 2 is 2.10 bits per heavy atom. The molecule has 1 spiro atoms. The van der Waals surface area contributed by atoms with E-state index in [-0.39, 0.29) is 22.3 Å². The Labute approximate surface area is 117 Å². The van der Waals surface area contributed by atoms with Crippen molar-refractivity contribution in [3.05, 3.63) is 5.21 Å². The minimum absolute atomic E-state index is 0.0986. The zero-order chi connectivity index (χ0) is 15.1. The molecular weight excluding hydrogens is 265 g/mol. The highest BCUT2D eigenvalue weighted by Gasteiger charge is 2.54. The maximum absolute atomic E-state index is 13.5. The molecule has 6 nitrogen and oxygen atoms in total. The molecule has 0 bridgehead atoms. The number of hydrogen-bond acceptors (Lipinski definition) is 4. The molecule has 20 heavy (non-hydrogen) atoms. The minimum Gasteiger partial charge on any atom is -0.783 e. The molecule has 2 aliphatic rings. The van der Waals surface area contributed by atoms with Gasteiger partial charge in [0.25, 0.3) is 0 Å². The number of alkyl halides is 1. The van der Waals surface area contributed by atoms with E-state index in [1.807, 2.05) is 0 Å². The zero-order valence-electron chi connectivity index (χ0n) is 12.1. The quantitative estimate of drug-likeness (QED) is 0.607. The normalized spacial score (nSPS) is 26.7. The predicted octanol–water partition coefficient (Wildman–Crippen LogP) is 0.617. The average molecular weight is 286 g/mol. The lowest BCUT2D eigenvalue weighted by atomic mass is 10.0. The van der Waals surface area contributed by atoms with Crippen molar-refractivity contribution < 1.29 is 14.0 Å². The van der Waals surface area contributed by atoms with Crippen molar-refractivity contribution in [2.45, 2.75) is 51.5 Å². The van der Waals surface area contributed by atoms with Crippen molar-refractivity contribution >= 4 is 11.8 Å². The Morgan fingerprint density at radius 3 is 2.55 bits per heavy atom. The van der Waals surface area contributed by atoms with Gasteiger partial charge < -0.3 is 20.5 Å². The van der Waals surface area contributed by atoms with Crippen LogP contribution in [0.3, 0.4) is 0 Å². The van der Waals surface area contributed by atoms with E-state index in [2.05, 4.69) is 5.32 Å². The fourth-order valence-electron chi connectivity index (χ4n) is 2.86. The lowest BCUT2D eigenvalue weighted by Gasteiger charge is -2.32. The summed E-state index contributed by atoms with van der Waals surface area (Å²) in [6.45, 7) is 3.49. The molecule has 1 N–H and O–H groups in total. The predicted molar refractivity (Wildman–Crippen MR) is 71.1 cm³/mol. The summed E-state index contributed by atoms with van der Waals surface area (Å²) in [4.78, 5) is 25.4. The number of carbonyl (C=O) groups excluding carboxylic acids is 2. The molecule has 3 atom stereocenters. The van der Waals surface area contributed by atoms with Gasteiger partial charge in [-0.25, -0.2) is 4.39 Å². The maximum Gasteiger partial charge on any atom is 0.243 e. The molecule has 114 valence electrons. The van der Waals surface area contributed by atoms with Gasteiger partial charge in [-0.2, -0.15) is 0 Å². The van der Waals surface area contributed by atoms with E-state index >= 15 is 0 Å². The number of hydroxylamine groups is 2. The highest BCUT2D eigenvalue weighted by Crippen LogP contribution is 2.54. The van der Waals surface area contributed by atoms with Crippen LogP contribution in [-0.4, -0.2) is 53.7 Å². The smallest absolute Gasteiger partial charge is 0.243 e. The number of hydrogen-bond donors (Lipinski definition) is 1. The van der Waals surface area contributed by atoms with Crippen LogP contribution in [0.5, 0.6) is 0 Å². The van der Waals surface area contributed by atoms with Crippen molar-refractivity contribution in [2.75, 3.05) is 13.6 Å². The first kappa shape index (κ1) is 15.2. The van der Waals surface area contributed by atoms with E-state index in [4.69, 9.17) is 0 Å². The summed E-state index contributed by atoms with van der Waals surface area (Å²) >= 11 is 0. The van der Waals surface area contributed by atoms with Crippen LogP contribution in [0.2, 0.25) is 0 Å². The summed E-state index contributed by atoms with van der Waals surface area (Å²) in [6, 6.07) is -1.45. The zero-order valence-corrected chi connectivity index (χ0v) is 12.1. The number of likely N-dealkylation sites (N-methyl/N-ethyl adjacent to an activating group) is 1. The fourth-order valence-corrected chi connectivity index (χ4v) is 2.86. The number of rotatable bonds is 4. The van der Waals surface area contributed by atoms with Gasteiger partial charge in [0, 0.05) is 13.5 Å². The number of likely N-dealkylation sites (tertiary alicyclic amines) is 1. The Balaban J connectivity index is 1.99. The molecule has 0 radical (unpaired) electrons. The third-order valence-corrected chi connectivity index (χ3v) is 4.30. The molecule has 1 aliphatic carbocycles. The average Bonchev–Trinajstić information content (AvgIpc) is 2.98. The van der Waals surface area contributed by atoms with Gasteiger partial charge in [-0.3, -0.25) is 9.59 Å². The third-order valence-electron chi connectivity index (χ3n) is 4.30. The number of halogens is 1. The SMILES string of the molecule is CC(=O)N1CC2(CC2)C[C@H]1C(=O)NC(C)[C@H](F)N(C)[O-]. The lowest BCUT2D eigenvalue weighted by Crippen LogP contribution is -2.51. The molecule has 1 heterocycles. The summed E-state index contributed by atoms with van der Waals surface area (Å²) in [7, 11) is 1.07. The molecule has 1 unspecified atom stereocenters. The van der Waals surface area contributed by atoms with Gasteiger partial charge >= 0.3 is 0 Å². The molecule has 0 aromatic heterocycles. The largest absolute Gasteiger partial charge is 0.783 e. The van der Waals surface area contributed by atoms with Gasteiger partial charge in [0.15, 0.2) is 6.30 Å². The summed E-state index contributed by atoms with van der Waals surface area (Å²) in [5.41, 5.74) is 0.0986. The van der Waals surface area contributed by atoms with Gasteiger partial charge in [0.05, 0.1) is 6.04 Å². The number of amides is 2. The van der Waals surface area contributed by atoms with E-state index in [1.165, 1.54) is 13.8 Å². The maximum atomic E-state index is 13.5. The Bertz CT molecular complexity index is 412. The topological polar surface area (TPSA) is 75.7 Å². The van der Waals surface area contributed by atoms with Crippen LogP contribution < -0.4 is 5.32 Å². The molecular formula is C13H21FN3O3-. The van der Waals surface area contributed by atoms with E-state index < -0.39 is 18.4 Å². The Kier molecular flexibility index (Phi) is 4.02. The number of nitrogens with zero attached hydrogens (tertiary/aromatic N) is 2. The molecule has 1 aliphatic heterocycles. The third kappa shape index (κ3) is 2.93. The van der Waals surface area contributed by atoms with Crippen LogP contribution in [0.15, 0.2) is 0 Å². The van der Waals surface area contributed by atoms with Crippen LogP contribution in [0.25, 0.3) is 0 Å². The number of carbonyl (C=O) groups is 2. The van der Waals surface area contributed by atoms with Crippen LogP contribution in [0.1, 0.15) is 33.1 Å². The van der Waals surface area contributed by atoms with E-state index in [9.17, 15) is 19.2 Å². The van der Waals surface area contributed by atoms with Crippen LogP contribution in [0.4, 0.5) is 4.39 Å². The van der Waals surface area contributed by atoms with Crippen molar-refractivity contribution in [3.8, 4) is 0 Å². The molecule has 0 aromatic carbocycles. The standard InChI is InChI=1S/C13H21FN3O3/c1-8(11(14)16(3)20)15-12(19)10-6-13(4-5-13)7-17(10)9(2)18/h8,10-11H,4-7H2,1-3H3,(H,15,19)/q-1/t8?,10-,11+/m0/s1. The van der Waals surface area contributed by atoms with Gasteiger partial charge in [0.2, 0.25) is 11.8 Å². The van der Waals surface area contributed by atoms with Crippen molar-refractivity contribution in [1.82, 2.24) is 15.3 Å². The van der Waals surface area contributed by atoms with Gasteiger partial charge in [-0.15, -0.1) is 0 Å². The second kappa shape index (κ2) is 5.29. The van der Waals surface area contributed by atoms with Gasteiger partial charge in [0.1, 0.15) is 6.04 Å². The molecule has 1 saturated heterocycles. The summed E-state index contributed by atoms with van der Waals surface area (Å²) in [5.74, 6) is -0.514. The van der Waals surface area contributed by atoms with E-state index in [0.29, 0.717) is 13.0 Å². The van der Waals surface area contributed by atoms with Crippen LogP contribution >= 0.6 is 0 Å². The highest BCUT2D eigenvalue weighted by molar-refractivity contribution is 5.88. The molecule has 1 saturated carbocycles. The molecule has 0 aromatic rings. The highest BCUT2D eigenvalue weighted by atomic mass is 19.1. The van der Waals surface area contributed by atoms with Crippen molar-refractivity contribution in [2.24, 2.45) is 5.41 Å². The van der Waals surface area contributed by atoms with Crippen LogP contribution in [-0.2, 0) is 9.59 Å². The molecule has 2 fully saturated rings. The second-order valence-corrected chi connectivity index (χ2v) is 6.08. The summed E-state index contributed by atoms with van der Waals surface area (Å²) in [6.07, 6.45) is 0.909. The minimum atomic E-state index is -1.79. The monoisotopic (exact) mass is 286 g/mol. The van der Waals surface area contributed by atoms with Gasteiger partial charge in [-0.1, -0.05) is 0 Å². The first-order chi connectivity index (χ1) is 9.26. The van der Waals surface area contributed by atoms with E-state index in [1.54, 1.807) is 4.90 Å². The van der Waals surface area contributed by atoms with E-state index in [0.717, 1.165) is 19.9 Å². The molecule has 2 amide bonds. The second-order valence-electron chi connectivity index (χ2n) is 6.08. The van der Waals surface area contributed by atoms with Gasteiger partial charge in [-0.05, 0) is 38.6 Å². The molecule has 2 rings (SSSR count). The summed E-state index contributed by atoms with van der Waals surface area (Å²) in [5, 5.41) is 13.6.